The van der Waals surface area contributed by atoms with E-state index in [0.29, 0.717) is 60.4 Å². The van der Waals surface area contributed by atoms with Crippen molar-refractivity contribution in [3.8, 4) is 17.2 Å². The Balaban J connectivity index is 2.30. The Morgan fingerprint density at radius 3 is 1.86 bits per heavy atom. The Morgan fingerprint density at radius 2 is 1.34 bits per heavy atom. The zero-order chi connectivity index (χ0) is 21.2. The Labute approximate surface area is 171 Å². The normalized spacial score (nSPS) is 10.2. The summed E-state index contributed by atoms with van der Waals surface area (Å²) in [5, 5.41) is 5.61. The predicted octanol–water partition coefficient (Wildman–Crippen LogP) is 4.48. The number of carbonyl (C=O) groups is 2. The van der Waals surface area contributed by atoms with Crippen molar-refractivity contribution < 1.29 is 23.8 Å². The molecule has 0 unspecified atom stereocenters. The first-order chi connectivity index (χ1) is 14.0. The van der Waals surface area contributed by atoms with Crippen LogP contribution in [0.5, 0.6) is 17.2 Å². The van der Waals surface area contributed by atoms with Gasteiger partial charge in [0.25, 0.3) is 5.91 Å². The Hall–Kier alpha value is -3.22. The van der Waals surface area contributed by atoms with Crippen LogP contribution >= 0.6 is 0 Å². The van der Waals surface area contributed by atoms with Crippen LogP contribution in [0.3, 0.4) is 0 Å². The van der Waals surface area contributed by atoms with Gasteiger partial charge in [-0.25, -0.2) is 0 Å². The van der Waals surface area contributed by atoms with E-state index in [1.807, 2.05) is 20.8 Å². The SMILES string of the molecule is CCOc1cc(C(=O)Nc2cccc(NC(=O)CC)c2)cc(OCC)c1OCC. The summed E-state index contributed by atoms with van der Waals surface area (Å²) in [5.74, 6) is 0.970. The summed E-state index contributed by atoms with van der Waals surface area (Å²) in [6.07, 6.45) is 0.378. The molecule has 0 aliphatic heterocycles. The van der Waals surface area contributed by atoms with Crippen LogP contribution in [0.25, 0.3) is 0 Å². The van der Waals surface area contributed by atoms with Crippen LogP contribution in [0.4, 0.5) is 11.4 Å². The third-order valence-electron chi connectivity index (χ3n) is 3.90. The zero-order valence-electron chi connectivity index (χ0n) is 17.3. The van der Waals surface area contributed by atoms with E-state index in [1.54, 1.807) is 43.3 Å². The van der Waals surface area contributed by atoms with E-state index in [1.165, 1.54) is 0 Å². The van der Waals surface area contributed by atoms with Gasteiger partial charge < -0.3 is 24.8 Å². The molecule has 0 aliphatic rings. The molecule has 2 aromatic rings. The van der Waals surface area contributed by atoms with E-state index in [4.69, 9.17) is 14.2 Å². The molecule has 0 saturated carbocycles. The van der Waals surface area contributed by atoms with Crippen molar-refractivity contribution >= 4 is 23.2 Å². The Bertz CT molecular complexity index is 824. The lowest BCUT2D eigenvalue weighted by molar-refractivity contribution is -0.115. The van der Waals surface area contributed by atoms with Gasteiger partial charge >= 0.3 is 0 Å². The molecule has 0 bridgehead atoms. The van der Waals surface area contributed by atoms with Gasteiger partial charge in [0.2, 0.25) is 11.7 Å². The van der Waals surface area contributed by atoms with Gasteiger partial charge in [0.05, 0.1) is 19.8 Å². The van der Waals surface area contributed by atoms with Gasteiger partial charge in [-0.1, -0.05) is 13.0 Å². The minimum absolute atomic E-state index is 0.0947. The number of benzene rings is 2. The van der Waals surface area contributed by atoms with E-state index in [-0.39, 0.29) is 11.8 Å². The van der Waals surface area contributed by atoms with E-state index in [9.17, 15) is 9.59 Å². The number of carbonyl (C=O) groups excluding carboxylic acids is 2. The second-order valence-corrected chi connectivity index (χ2v) is 6.04. The van der Waals surface area contributed by atoms with Crippen LogP contribution in [-0.4, -0.2) is 31.6 Å². The van der Waals surface area contributed by atoms with Crippen LogP contribution in [0, 0.1) is 0 Å². The fourth-order valence-corrected chi connectivity index (χ4v) is 2.65. The van der Waals surface area contributed by atoms with Crippen LogP contribution in [-0.2, 0) is 4.79 Å². The van der Waals surface area contributed by atoms with Crippen molar-refractivity contribution in [3.63, 3.8) is 0 Å². The van der Waals surface area contributed by atoms with Crippen molar-refractivity contribution in [3.05, 3.63) is 42.0 Å². The van der Waals surface area contributed by atoms with Gasteiger partial charge in [0.15, 0.2) is 11.5 Å². The molecule has 0 spiro atoms. The van der Waals surface area contributed by atoms with Gasteiger partial charge in [0, 0.05) is 23.4 Å². The topological polar surface area (TPSA) is 85.9 Å². The average molecular weight is 400 g/mol. The first-order valence-corrected chi connectivity index (χ1v) is 9.79. The number of hydrogen-bond donors (Lipinski definition) is 2. The standard InChI is InChI=1S/C22H28N2O5/c1-5-20(25)23-16-10-9-11-17(14-16)24-22(26)15-12-18(27-6-2)21(29-8-4)19(13-15)28-7-3/h9-14H,5-8H2,1-4H3,(H,23,25)(H,24,26). The van der Waals surface area contributed by atoms with Gasteiger partial charge in [-0.2, -0.15) is 0 Å². The maximum atomic E-state index is 12.8. The molecule has 156 valence electrons. The number of ether oxygens (including phenoxy) is 3. The van der Waals surface area contributed by atoms with E-state index in [2.05, 4.69) is 10.6 Å². The molecular formula is C22H28N2O5. The van der Waals surface area contributed by atoms with Gasteiger partial charge in [0.1, 0.15) is 0 Å². The summed E-state index contributed by atoms with van der Waals surface area (Å²) >= 11 is 0. The predicted molar refractivity (Wildman–Crippen MR) is 113 cm³/mol. The van der Waals surface area contributed by atoms with Crippen molar-refractivity contribution in [2.75, 3.05) is 30.5 Å². The fraction of sp³-hybridized carbons (Fsp3) is 0.364. The highest BCUT2D eigenvalue weighted by Crippen LogP contribution is 2.39. The third kappa shape index (κ3) is 6.14. The van der Waals surface area contributed by atoms with Crippen molar-refractivity contribution in [1.82, 2.24) is 0 Å². The van der Waals surface area contributed by atoms with E-state index >= 15 is 0 Å². The minimum atomic E-state index is -0.325. The molecule has 0 aliphatic carbocycles. The maximum absolute atomic E-state index is 12.8. The number of amides is 2. The molecule has 0 aromatic heterocycles. The lowest BCUT2D eigenvalue weighted by atomic mass is 10.1. The van der Waals surface area contributed by atoms with Gasteiger partial charge in [-0.15, -0.1) is 0 Å². The molecule has 7 heteroatoms. The highest BCUT2D eigenvalue weighted by molar-refractivity contribution is 6.05. The fourth-order valence-electron chi connectivity index (χ4n) is 2.65. The molecule has 29 heavy (non-hydrogen) atoms. The van der Waals surface area contributed by atoms with Crippen molar-refractivity contribution in [2.45, 2.75) is 34.1 Å². The Kier molecular flexibility index (Phi) is 8.33. The molecule has 2 amide bonds. The van der Waals surface area contributed by atoms with Crippen LogP contribution in [0.15, 0.2) is 36.4 Å². The molecule has 0 fully saturated rings. The number of hydrogen-bond acceptors (Lipinski definition) is 5. The molecule has 0 saturated heterocycles. The van der Waals surface area contributed by atoms with Crippen LogP contribution in [0.1, 0.15) is 44.5 Å². The van der Waals surface area contributed by atoms with Crippen LogP contribution < -0.4 is 24.8 Å². The second-order valence-electron chi connectivity index (χ2n) is 6.04. The lowest BCUT2D eigenvalue weighted by Crippen LogP contribution is -2.14. The van der Waals surface area contributed by atoms with E-state index < -0.39 is 0 Å². The third-order valence-corrected chi connectivity index (χ3v) is 3.90. The molecule has 2 N–H and O–H groups in total. The summed E-state index contributed by atoms with van der Waals surface area (Å²) < 4.78 is 17.0. The first kappa shape index (κ1) is 22.1. The number of anilines is 2. The molecule has 2 aromatic carbocycles. The van der Waals surface area contributed by atoms with Crippen LogP contribution in [0.2, 0.25) is 0 Å². The molecule has 0 heterocycles. The Morgan fingerprint density at radius 1 is 0.793 bits per heavy atom. The summed E-state index contributed by atoms with van der Waals surface area (Å²) in [6.45, 7) is 8.67. The molecule has 2 rings (SSSR count). The average Bonchev–Trinajstić information content (AvgIpc) is 2.70. The minimum Gasteiger partial charge on any atom is -0.490 e. The first-order valence-electron chi connectivity index (χ1n) is 9.79. The maximum Gasteiger partial charge on any atom is 0.255 e. The summed E-state index contributed by atoms with van der Waals surface area (Å²) in [7, 11) is 0. The quantitative estimate of drug-likeness (QED) is 0.614. The summed E-state index contributed by atoms with van der Waals surface area (Å²) in [4.78, 5) is 24.4. The molecule has 7 nitrogen and oxygen atoms in total. The number of nitrogens with one attached hydrogen (secondary N) is 2. The summed E-state index contributed by atoms with van der Waals surface area (Å²) in [6, 6.07) is 10.2. The van der Waals surface area contributed by atoms with Gasteiger partial charge in [-0.3, -0.25) is 9.59 Å². The molecule has 0 radical (unpaired) electrons. The molecule has 0 atom stereocenters. The highest BCUT2D eigenvalue weighted by atomic mass is 16.5. The summed E-state index contributed by atoms with van der Waals surface area (Å²) in [5.41, 5.74) is 1.56. The van der Waals surface area contributed by atoms with Crippen molar-refractivity contribution in [1.29, 1.82) is 0 Å². The van der Waals surface area contributed by atoms with E-state index in [0.717, 1.165) is 0 Å². The monoisotopic (exact) mass is 400 g/mol. The molecular weight excluding hydrogens is 372 g/mol. The second kappa shape index (κ2) is 10.9. The largest absolute Gasteiger partial charge is 0.490 e. The van der Waals surface area contributed by atoms with Crippen molar-refractivity contribution in [2.24, 2.45) is 0 Å². The van der Waals surface area contributed by atoms with Gasteiger partial charge in [-0.05, 0) is 51.1 Å². The zero-order valence-corrected chi connectivity index (χ0v) is 17.3. The number of rotatable bonds is 10. The highest BCUT2D eigenvalue weighted by Gasteiger charge is 2.18. The lowest BCUT2D eigenvalue weighted by Gasteiger charge is -2.17. The smallest absolute Gasteiger partial charge is 0.255 e.